The minimum absolute atomic E-state index is 0.116. The van der Waals surface area contributed by atoms with Crippen molar-refractivity contribution in [3.05, 3.63) is 165 Å². The first kappa shape index (κ1) is 32.6. The van der Waals surface area contributed by atoms with Crippen molar-refractivity contribution in [2.45, 2.75) is 75.5 Å². The number of hydrogen-bond acceptors (Lipinski definition) is 0. The third-order valence-corrected chi connectivity index (χ3v) is 27.2. The fraction of sp³-hybridized carbons (Fsp3) is 0.292. The van der Waals surface area contributed by atoms with E-state index in [2.05, 4.69) is 178 Å². The van der Waals surface area contributed by atoms with Gasteiger partial charge in [0.05, 0.1) is 0 Å². The Morgan fingerprint density at radius 1 is 0.510 bits per heavy atom. The van der Waals surface area contributed by atoms with Crippen molar-refractivity contribution in [3.8, 4) is 22.3 Å². The molecule has 0 nitrogen and oxygen atoms in total. The minimum atomic E-state index is -3.16. The normalized spacial score (nSPS) is 20.5. The quantitative estimate of drug-likeness (QED) is 0.159. The zero-order valence-corrected chi connectivity index (χ0v) is 34.2. The van der Waals surface area contributed by atoms with Gasteiger partial charge in [0.25, 0.3) is 0 Å². The van der Waals surface area contributed by atoms with Gasteiger partial charge in [-0.3, -0.25) is 0 Å². The van der Waals surface area contributed by atoms with E-state index < -0.39 is 20.0 Å². The van der Waals surface area contributed by atoms with Crippen molar-refractivity contribution in [2.75, 3.05) is 0 Å². The average Bonchev–Trinajstić information content (AvgIpc) is 3.67. The Morgan fingerprint density at radius 3 is 1.41 bits per heavy atom. The molecule has 1 fully saturated rings. The number of allylic oxidation sites excluding steroid dienone is 2. The summed E-state index contributed by atoms with van der Waals surface area (Å²) in [4.78, 5) is 0. The molecule has 0 saturated carbocycles. The van der Waals surface area contributed by atoms with Crippen LogP contribution in [0.3, 0.4) is 0 Å². The summed E-state index contributed by atoms with van der Waals surface area (Å²) in [5.74, 6) is 0.396. The van der Waals surface area contributed by atoms with Crippen molar-refractivity contribution < 1.29 is 20.0 Å². The van der Waals surface area contributed by atoms with E-state index in [1.807, 2.05) is 0 Å². The standard InChI is InChI=1S/C46H44.2CH3.Hf/c1-45(2,3)38-20-10-16-34(27-38)40-22-12-18-32-25-36(29-43(32)40)42(24-31-14-8-7-9-15-31)37-26-33-19-13-23-41(44(33)30-37)35-17-11-21-39(28-35)46(4,5)6;;;/h7-23,25-30,42H,24H2,1-6H3;2*1H3;. The Bertz CT molecular complexity index is 2010. The van der Waals surface area contributed by atoms with E-state index >= 15 is 0 Å². The van der Waals surface area contributed by atoms with Gasteiger partial charge in [0.1, 0.15) is 0 Å². The van der Waals surface area contributed by atoms with Crippen molar-refractivity contribution in [1.29, 1.82) is 0 Å². The Kier molecular flexibility index (Phi) is 7.84. The molecule has 2 atom stereocenters. The van der Waals surface area contributed by atoms with E-state index in [0.29, 0.717) is 13.3 Å². The van der Waals surface area contributed by atoms with Crippen LogP contribution in [0, 0.1) is 5.92 Å². The van der Waals surface area contributed by atoms with E-state index in [-0.39, 0.29) is 10.8 Å². The van der Waals surface area contributed by atoms with E-state index in [4.69, 9.17) is 0 Å². The third kappa shape index (κ3) is 5.52. The van der Waals surface area contributed by atoms with E-state index in [9.17, 15) is 0 Å². The molecule has 0 bridgehead atoms. The second-order valence-corrected chi connectivity index (χ2v) is 34.7. The fourth-order valence-corrected chi connectivity index (χ4v) is 26.4. The van der Waals surface area contributed by atoms with Crippen molar-refractivity contribution in [3.63, 3.8) is 0 Å². The van der Waals surface area contributed by atoms with Gasteiger partial charge in [0, 0.05) is 0 Å². The molecule has 8 rings (SSSR count). The molecule has 0 aromatic heterocycles. The molecule has 3 aliphatic rings. The van der Waals surface area contributed by atoms with Crippen molar-refractivity contribution in [1.82, 2.24) is 0 Å². The van der Waals surface area contributed by atoms with Gasteiger partial charge < -0.3 is 0 Å². The number of benzene rings is 5. The van der Waals surface area contributed by atoms with Crippen LogP contribution >= 0.6 is 0 Å². The molecule has 246 valence electrons. The monoisotopic (exact) mass is 806 g/mol. The average molecular weight is 805 g/mol. The fourth-order valence-electron chi connectivity index (χ4n) is 9.37. The molecule has 1 heteroatoms. The van der Waals surface area contributed by atoms with E-state index in [0.717, 1.165) is 6.42 Å². The molecule has 1 heterocycles. The van der Waals surface area contributed by atoms with Gasteiger partial charge >= 0.3 is 301 Å². The SMILES string of the molecule is CC(C)(C)c1cccc(-c2cccc3c2C=C2C(Cc4ccccc4)C4=Cc5c(-c6cccc(C(C)(C)C)c6)cccc5[CH]4[Hf]([CH3])([CH3])[CH]23)c1. The third-order valence-electron chi connectivity index (χ3n) is 11.8. The second-order valence-electron chi connectivity index (χ2n) is 17.5. The van der Waals surface area contributed by atoms with Crippen LogP contribution in [0.2, 0.25) is 9.36 Å². The zero-order chi connectivity index (χ0) is 34.3. The molecule has 5 aromatic carbocycles. The molecule has 5 aromatic rings. The summed E-state index contributed by atoms with van der Waals surface area (Å²) in [7, 11) is 0. The van der Waals surface area contributed by atoms with Crippen LogP contribution < -0.4 is 0 Å². The zero-order valence-electron chi connectivity index (χ0n) is 30.6. The molecule has 0 radical (unpaired) electrons. The van der Waals surface area contributed by atoms with Gasteiger partial charge in [0.15, 0.2) is 0 Å². The summed E-state index contributed by atoms with van der Waals surface area (Å²) in [6.45, 7) is 13.9. The molecule has 0 spiro atoms. The summed E-state index contributed by atoms with van der Waals surface area (Å²) in [5.41, 5.74) is 19.5. The first-order valence-electron chi connectivity index (χ1n) is 18.3. The summed E-state index contributed by atoms with van der Waals surface area (Å²) in [6.07, 6.45) is 6.39. The predicted octanol–water partition coefficient (Wildman–Crippen LogP) is 13.3. The van der Waals surface area contributed by atoms with Gasteiger partial charge in [0.2, 0.25) is 0 Å². The molecule has 1 saturated heterocycles. The predicted molar refractivity (Wildman–Crippen MR) is 208 cm³/mol. The Balaban J connectivity index is 1.31. The van der Waals surface area contributed by atoms with Crippen LogP contribution in [0.15, 0.2) is 126 Å². The van der Waals surface area contributed by atoms with E-state index in [1.54, 1.807) is 22.3 Å². The molecular weight excluding hydrogens is 755 g/mol. The van der Waals surface area contributed by atoms with Crippen LogP contribution in [0.25, 0.3) is 34.4 Å². The molecule has 0 amide bonds. The van der Waals surface area contributed by atoms with Gasteiger partial charge in [-0.2, -0.15) is 0 Å². The molecule has 0 N–H and O–H groups in total. The second kappa shape index (κ2) is 11.8. The van der Waals surface area contributed by atoms with Crippen LogP contribution in [-0.4, -0.2) is 0 Å². The summed E-state index contributed by atoms with van der Waals surface area (Å²) < 4.78 is 6.69. The molecule has 2 unspecified atom stereocenters. The van der Waals surface area contributed by atoms with Crippen molar-refractivity contribution >= 4 is 12.2 Å². The first-order valence-corrected chi connectivity index (χ1v) is 29.6. The molecule has 2 aliphatic carbocycles. The van der Waals surface area contributed by atoms with Crippen LogP contribution in [0.5, 0.6) is 0 Å². The van der Waals surface area contributed by atoms with Gasteiger partial charge in [-0.1, -0.05) is 0 Å². The molecule has 1 aliphatic heterocycles. The first-order chi connectivity index (χ1) is 23.3. The van der Waals surface area contributed by atoms with Gasteiger partial charge in [-0.15, -0.1) is 0 Å². The Labute approximate surface area is 299 Å². The van der Waals surface area contributed by atoms with Crippen LogP contribution in [-0.2, 0) is 37.2 Å². The summed E-state index contributed by atoms with van der Waals surface area (Å²) >= 11 is -3.16. The Morgan fingerprint density at radius 2 is 0.959 bits per heavy atom. The van der Waals surface area contributed by atoms with Crippen LogP contribution in [0.1, 0.15) is 87.8 Å². The maximum absolute atomic E-state index is 3.16. The van der Waals surface area contributed by atoms with Crippen LogP contribution in [0.4, 0.5) is 0 Å². The number of rotatable bonds is 4. The maximum atomic E-state index is 2.77. The molecule has 49 heavy (non-hydrogen) atoms. The van der Waals surface area contributed by atoms with Gasteiger partial charge in [-0.05, 0) is 0 Å². The number of fused-ring (bicyclic) bond motifs is 6. The van der Waals surface area contributed by atoms with Gasteiger partial charge in [-0.25, -0.2) is 0 Å². The number of hydrogen-bond donors (Lipinski definition) is 0. The molecular formula is C48H50Hf. The van der Waals surface area contributed by atoms with E-state index in [1.165, 1.54) is 50.1 Å². The van der Waals surface area contributed by atoms with Crippen molar-refractivity contribution in [2.24, 2.45) is 5.92 Å². The topological polar surface area (TPSA) is 0 Å². The summed E-state index contributed by atoms with van der Waals surface area (Å²) in [5, 5.41) is 0. The summed E-state index contributed by atoms with van der Waals surface area (Å²) in [6, 6.07) is 44.3. The Hall–Kier alpha value is -3.55.